The zero-order valence-electron chi connectivity index (χ0n) is 12.2. The monoisotopic (exact) mass is 290 g/mol. The zero-order chi connectivity index (χ0) is 14.7. The van der Waals surface area contributed by atoms with Crippen LogP contribution in [0.4, 0.5) is 0 Å². The van der Waals surface area contributed by atoms with Gasteiger partial charge in [0.05, 0.1) is 12.0 Å². The second-order valence-electron chi connectivity index (χ2n) is 5.93. The average Bonchev–Trinajstić information content (AvgIpc) is 2.51. The number of hydrogen-bond donors (Lipinski definition) is 2. The molecule has 2 aliphatic rings. The van der Waals surface area contributed by atoms with Crippen LogP contribution in [-0.4, -0.2) is 28.0 Å². The lowest BCUT2D eigenvalue weighted by atomic mass is 9.95. The molecule has 2 heterocycles. The van der Waals surface area contributed by atoms with Crippen molar-refractivity contribution in [3.63, 3.8) is 0 Å². The fourth-order valence-corrected chi connectivity index (χ4v) is 3.18. The van der Waals surface area contributed by atoms with Crippen LogP contribution in [0.3, 0.4) is 0 Å². The number of hydrogen-bond acceptors (Lipinski definition) is 4. The molecule has 0 atom stereocenters. The third kappa shape index (κ3) is 3.32. The largest absolute Gasteiger partial charge is 0.352 e. The lowest BCUT2D eigenvalue weighted by molar-refractivity contribution is -0.122. The summed E-state index contributed by atoms with van der Waals surface area (Å²) in [6.45, 7) is 1.50. The summed E-state index contributed by atoms with van der Waals surface area (Å²) < 4.78 is 1.43. The van der Waals surface area contributed by atoms with Gasteiger partial charge in [-0.3, -0.25) is 14.2 Å². The van der Waals surface area contributed by atoms with E-state index >= 15 is 0 Å². The van der Waals surface area contributed by atoms with Crippen molar-refractivity contribution < 1.29 is 4.79 Å². The van der Waals surface area contributed by atoms with Gasteiger partial charge in [0.15, 0.2) is 0 Å². The molecule has 1 aliphatic carbocycles. The summed E-state index contributed by atoms with van der Waals surface area (Å²) in [6, 6.07) is 0.275. The highest BCUT2D eigenvalue weighted by Gasteiger charge is 2.18. The van der Waals surface area contributed by atoms with Crippen LogP contribution in [0.15, 0.2) is 11.1 Å². The van der Waals surface area contributed by atoms with Crippen LogP contribution in [0, 0.1) is 0 Å². The van der Waals surface area contributed by atoms with Crippen molar-refractivity contribution in [2.24, 2.45) is 0 Å². The molecule has 6 heteroatoms. The normalized spacial score (nSPS) is 19.0. The van der Waals surface area contributed by atoms with Gasteiger partial charge in [0.2, 0.25) is 5.91 Å². The van der Waals surface area contributed by atoms with Crippen LogP contribution in [0.2, 0.25) is 0 Å². The number of aromatic nitrogens is 2. The number of rotatable bonds is 3. The molecule has 6 nitrogen and oxygen atoms in total. The van der Waals surface area contributed by atoms with E-state index in [4.69, 9.17) is 0 Å². The SMILES string of the molecule is O=C(Cn1cnc2c(c1=O)CCNC2)NC1CCCCC1. The van der Waals surface area contributed by atoms with E-state index in [-0.39, 0.29) is 24.1 Å². The highest BCUT2D eigenvalue weighted by atomic mass is 16.2. The molecule has 0 bridgehead atoms. The maximum absolute atomic E-state index is 12.4. The summed E-state index contributed by atoms with van der Waals surface area (Å²) in [4.78, 5) is 28.7. The van der Waals surface area contributed by atoms with Gasteiger partial charge < -0.3 is 10.6 Å². The molecule has 1 aromatic heterocycles. The summed E-state index contributed by atoms with van der Waals surface area (Å²) in [5.74, 6) is -0.0836. The molecule has 2 N–H and O–H groups in total. The van der Waals surface area contributed by atoms with E-state index in [0.717, 1.165) is 30.6 Å². The number of carbonyl (C=O) groups is 1. The Bertz CT molecular complexity index is 576. The van der Waals surface area contributed by atoms with Gasteiger partial charge in [-0.2, -0.15) is 0 Å². The molecule has 1 fully saturated rings. The molecule has 114 valence electrons. The second kappa shape index (κ2) is 6.39. The molecule has 0 radical (unpaired) electrons. The van der Waals surface area contributed by atoms with Crippen molar-refractivity contribution in [2.45, 2.75) is 57.7 Å². The predicted octanol–water partition coefficient (Wildman–Crippen LogP) is 0.338. The van der Waals surface area contributed by atoms with Gasteiger partial charge in [0.25, 0.3) is 5.56 Å². The van der Waals surface area contributed by atoms with Crippen molar-refractivity contribution >= 4 is 5.91 Å². The Kier molecular flexibility index (Phi) is 4.34. The van der Waals surface area contributed by atoms with Crippen molar-refractivity contribution in [3.05, 3.63) is 27.9 Å². The van der Waals surface area contributed by atoms with Crippen LogP contribution in [0.1, 0.15) is 43.4 Å². The van der Waals surface area contributed by atoms with Crippen LogP contribution in [0.5, 0.6) is 0 Å². The van der Waals surface area contributed by atoms with E-state index in [1.165, 1.54) is 30.2 Å². The van der Waals surface area contributed by atoms with Crippen molar-refractivity contribution in [3.8, 4) is 0 Å². The third-order valence-corrected chi connectivity index (χ3v) is 4.35. The first-order valence-corrected chi connectivity index (χ1v) is 7.81. The molecule has 1 saturated carbocycles. The summed E-state index contributed by atoms with van der Waals surface area (Å²) in [5, 5.41) is 6.23. The summed E-state index contributed by atoms with van der Waals surface area (Å²) in [5.41, 5.74) is 1.50. The van der Waals surface area contributed by atoms with Gasteiger partial charge in [-0.25, -0.2) is 4.98 Å². The molecule has 1 aliphatic heterocycles. The molecular formula is C15H22N4O2. The van der Waals surface area contributed by atoms with Gasteiger partial charge in [-0.15, -0.1) is 0 Å². The second-order valence-corrected chi connectivity index (χ2v) is 5.93. The van der Waals surface area contributed by atoms with Crippen LogP contribution in [0.25, 0.3) is 0 Å². The first kappa shape index (κ1) is 14.3. The minimum absolute atomic E-state index is 0.0692. The zero-order valence-corrected chi connectivity index (χ0v) is 12.2. The van der Waals surface area contributed by atoms with E-state index in [2.05, 4.69) is 15.6 Å². The Balaban J connectivity index is 1.67. The van der Waals surface area contributed by atoms with Crippen LogP contribution in [-0.2, 0) is 24.3 Å². The molecule has 1 amide bonds. The Morgan fingerprint density at radius 3 is 3.00 bits per heavy atom. The smallest absolute Gasteiger partial charge is 0.257 e. The van der Waals surface area contributed by atoms with Gasteiger partial charge >= 0.3 is 0 Å². The van der Waals surface area contributed by atoms with Gasteiger partial charge in [-0.1, -0.05) is 19.3 Å². The molecule has 0 unspecified atom stereocenters. The summed E-state index contributed by atoms with van der Waals surface area (Å²) in [6.07, 6.45) is 7.90. The maximum atomic E-state index is 12.4. The molecular weight excluding hydrogens is 268 g/mol. The van der Waals surface area contributed by atoms with Gasteiger partial charge in [0.1, 0.15) is 6.54 Å². The van der Waals surface area contributed by atoms with Crippen LogP contribution >= 0.6 is 0 Å². The Labute approximate surface area is 124 Å². The number of nitrogens with one attached hydrogen (secondary N) is 2. The molecule has 3 rings (SSSR count). The summed E-state index contributed by atoms with van der Waals surface area (Å²) >= 11 is 0. The van der Waals surface area contributed by atoms with Crippen molar-refractivity contribution in [1.82, 2.24) is 20.2 Å². The van der Waals surface area contributed by atoms with Crippen molar-refractivity contribution in [1.29, 1.82) is 0 Å². The first-order chi connectivity index (χ1) is 10.2. The summed E-state index contributed by atoms with van der Waals surface area (Å²) in [7, 11) is 0. The minimum Gasteiger partial charge on any atom is -0.352 e. The topological polar surface area (TPSA) is 76.0 Å². The Morgan fingerprint density at radius 1 is 1.38 bits per heavy atom. The van der Waals surface area contributed by atoms with Crippen LogP contribution < -0.4 is 16.2 Å². The van der Waals surface area contributed by atoms with Crippen molar-refractivity contribution in [2.75, 3.05) is 6.54 Å². The van der Waals surface area contributed by atoms with E-state index in [1.54, 1.807) is 0 Å². The number of fused-ring (bicyclic) bond motifs is 1. The van der Waals surface area contributed by atoms with E-state index in [0.29, 0.717) is 13.0 Å². The fraction of sp³-hybridized carbons (Fsp3) is 0.667. The molecule has 0 aromatic carbocycles. The number of carbonyl (C=O) groups excluding carboxylic acids is 1. The highest BCUT2D eigenvalue weighted by molar-refractivity contribution is 5.76. The standard InChI is InChI=1S/C15H22N4O2/c20-14(18-11-4-2-1-3-5-11)9-19-10-17-13-8-16-7-6-12(13)15(19)21/h10-11,16H,1-9H2,(H,18,20). The Hall–Kier alpha value is -1.69. The van der Waals surface area contributed by atoms with E-state index in [1.807, 2.05) is 0 Å². The maximum Gasteiger partial charge on any atom is 0.257 e. The minimum atomic E-state index is -0.0836. The molecule has 0 saturated heterocycles. The van der Waals surface area contributed by atoms with Gasteiger partial charge in [0, 0.05) is 18.2 Å². The lowest BCUT2D eigenvalue weighted by Gasteiger charge is -2.23. The quantitative estimate of drug-likeness (QED) is 0.841. The van der Waals surface area contributed by atoms with Gasteiger partial charge in [-0.05, 0) is 25.8 Å². The Morgan fingerprint density at radius 2 is 2.19 bits per heavy atom. The molecule has 21 heavy (non-hydrogen) atoms. The third-order valence-electron chi connectivity index (χ3n) is 4.35. The average molecular weight is 290 g/mol. The highest BCUT2D eigenvalue weighted by Crippen LogP contribution is 2.17. The molecule has 0 spiro atoms. The fourth-order valence-electron chi connectivity index (χ4n) is 3.18. The number of amides is 1. The first-order valence-electron chi connectivity index (χ1n) is 7.81. The lowest BCUT2D eigenvalue weighted by Crippen LogP contribution is -2.41. The van der Waals surface area contributed by atoms with E-state index in [9.17, 15) is 9.59 Å². The molecule has 1 aromatic rings. The number of nitrogens with zero attached hydrogens (tertiary/aromatic N) is 2. The predicted molar refractivity (Wildman–Crippen MR) is 78.9 cm³/mol. The van der Waals surface area contributed by atoms with E-state index < -0.39 is 0 Å².